The summed E-state index contributed by atoms with van der Waals surface area (Å²) in [6.07, 6.45) is 6.88. The van der Waals surface area contributed by atoms with E-state index >= 15 is 0 Å². The van der Waals surface area contributed by atoms with Crippen molar-refractivity contribution in [2.24, 2.45) is 11.5 Å². The van der Waals surface area contributed by atoms with Gasteiger partial charge in [-0.2, -0.15) is 0 Å². The molecule has 0 heterocycles. The highest BCUT2D eigenvalue weighted by Gasteiger charge is 2.19. The van der Waals surface area contributed by atoms with Crippen LogP contribution in [0, 0.1) is 5.41 Å². The summed E-state index contributed by atoms with van der Waals surface area (Å²) in [7, 11) is 1.40. The number of nitrogens with two attached hydrogens (primary N) is 2. The number of carbonyl (C=O) groups is 2. The molecule has 194 valence electrons. The zero-order valence-corrected chi connectivity index (χ0v) is 21.5. The van der Waals surface area contributed by atoms with Gasteiger partial charge < -0.3 is 37.5 Å². The van der Waals surface area contributed by atoms with Crippen molar-refractivity contribution in [3.05, 3.63) is 0 Å². The molecule has 1 unspecified atom stereocenters. The number of hydrogen-bond acceptors (Lipinski definition) is 6. The largest absolute Gasteiger partial charge is 0.370 e. The van der Waals surface area contributed by atoms with E-state index in [1.807, 2.05) is 0 Å². The molecule has 0 saturated heterocycles. The fourth-order valence-corrected chi connectivity index (χ4v) is 2.65. The van der Waals surface area contributed by atoms with Crippen LogP contribution >= 0.6 is 37.2 Å². The number of guanidine groups is 1. The molecule has 0 radical (unpaired) electrons. The van der Waals surface area contributed by atoms with E-state index < -0.39 is 6.23 Å². The van der Waals surface area contributed by atoms with Crippen LogP contribution in [-0.2, 0) is 14.3 Å². The average Bonchev–Trinajstić information content (AvgIpc) is 2.69. The molecule has 1 atom stereocenters. The molecule has 0 spiro atoms. The average molecular weight is 525 g/mol. The standard InChI is InChI=1S/C19H41N7O3.3ClH/c1-29-18(17(28)24-14-8-7-12-23-13-9-11-20)26-16(27)10-5-3-2-4-6-15-25-19(21)22;;;/h18,23H,2-15,20H2,1H3,(H,24,28)(H,26,27)(H4,21,22,25);3*1H. The van der Waals surface area contributed by atoms with E-state index in [1.54, 1.807) is 0 Å². The lowest BCUT2D eigenvalue weighted by molar-refractivity contribution is -0.139. The molecule has 0 aromatic carbocycles. The lowest BCUT2D eigenvalue weighted by atomic mass is 10.1. The molecule has 2 amide bonds. The Balaban J connectivity index is -0.00000131. The Labute approximate surface area is 211 Å². The molecule has 0 bridgehead atoms. The lowest BCUT2D eigenvalue weighted by Gasteiger charge is -2.17. The highest BCUT2D eigenvalue weighted by Crippen LogP contribution is 2.05. The Bertz CT molecular complexity index is 464. The van der Waals surface area contributed by atoms with E-state index in [9.17, 15) is 9.59 Å². The van der Waals surface area contributed by atoms with Crippen molar-refractivity contribution in [2.45, 2.75) is 64.0 Å². The monoisotopic (exact) mass is 523 g/mol. The first kappa shape index (κ1) is 38.2. The quantitative estimate of drug-likeness (QED) is 0.0572. The minimum atomic E-state index is -0.956. The van der Waals surface area contributed by atoms with Gasteiger partial charge in [0.1, 0.15) is 0 Å². The van der Waals surface area contributed by atoms with Crippen LogP contribution in [0.25, 0.3) is 0 Å². The zero-order chi connectivity index (χ0) is 21.7. The van der Waals surface area contributed by atoms with Crippen LogP contribution in [0.15, 0.2) is 0 Å². The molecule has 0 aliphatic heterocycles. The smallest absolute Gasteiger partial charge is 0.270 e. The summed E-state index contributed by atoms with van der Waals surface area (Å²) in [5, 5.41) is 18.5. The summed E-state index contributed by atoms with van der Waals surface area (Å²) < 4.78 is 5.09. The first-order chi connectivity index (χ1) is 14.0. The van der Waals surface area contributed by atoms with Gasteiger partial charge in [-0.1, -0.05) is 19.3 Å². The molecule has 0 saturated carbocycles. The summed E-state index contributed by atoms with van der Waals surface area (Å²) in [5.41, 5.74) is 10.6. The van der Waals surface area contributed by atoms with E-state index in [0.29, 0.717) is 26.1 Å². The zero-order valence-electron chi connectivity index (χ0n) is 19.1. The summed E-state index contributed by atoms with van der Waals surface area (Å²) in [5.74, 6) is -0.516. The summed E-state index contributed by atoms with van der Waals surface area (Å²) in [6, 6.07) is 0. The summed E-state index contributed by atoms with van der Waals surface area (Å²) in [6.45, 7) is 3.75. The number of methoxy groups -OCH3 is 1. The first-order valence-electron chi connectivity index (χ1n) is 10.6. The van der Waals surface area contributed by atoms with Crippen molar-refractivity contribution in [1.29, 1.82) is 5.41 Å². The van der Waals surface area contributed by atoms with Crippen LogP contribution < -0.4 is 32.7 Å². The maximum atomic E-state index is 12.1. The van der Waals surface area contributed by atoms with Crippen molar-refractivity contribution in [1.82, 2.24) is 21.3 Å². The van der Waals surface area contributed by atoms with E-state index in [4.69, 9.17) is 21.6 Å². The van der Waals surface area contributed by atoms with Crippen LogP contribution in [0.2, 0.25) is 0 Å². The number of amides is 2. The predicted octanol–water partition coefficient (Wildman–Crippen LogP) is 0.999. The van der Waals surface area contributed by atoms with Gasteiger partial charge in [-0.25, -0.2) is 0 Å². The molecular formula is C19H44Cl3N7O3. The number of nitrogens with one attached hydrogen (secondary N) is 5. The van der Waals surface area contributed by atoms with Crippen molar-refractivity contribution in [3.63, 3.8) is 0 Å². The number of ether oxygens (including phenoxy) is 1. The second-order valence-corrected chi connectivity index (χ2v) is 6.93. The van der Waals surface area contributed by atoms with Gasteiger partial charge in [0.25, 0.3) is 5.91 Å². The molecule has 0 aromatic rings. The molecular weight excluding hydrogens is 481 g/mol. The maximum absolute atomic E-state index is 12.1. The van der Waals surface area contributed by atoms with Gasteiger partial charge in [-0.3, -0.25) is 15.0 Å². The summed E-state index contributed by atoms with van der Waals surface area (Å²) in [4.78, 5) is 24.1. The van der Waals surface area contributed by atoms with Crippen molar-refractivity contribution in [2.75, 3.05) is 39.8 Å². The number of hydrogen-bond donors (Lipinski definition) is 7. The molecule has 32 heavy (non-hydrogen) atoms. The van der Waals surface area contributed by atoms with Gasteiger partial charge in [-0.05, 0) is 51.7 Å². The number of halogens is 3. The van der Waals surface area contributed by atoms with Crippen molar-refractivity contribution in [3.8, 4) is 0 Å². The topological polar surface area (TPSA) is 167 Å². The third-order valence-corrected chi connectivity index (χ3v) is 4.30. The van der Waals surface area contributed by atoms with E-state index in [2.05, 4.69) is 21.3 Å². The Morgan fingerprint density at radius 2 is 1.38 bits per heavy atom. The molecule has 0 fully saturated rings. The minimum Gasteiger partial charge on any atom is -0.370 e. The van der Waals surface area contributed by atoms with Gasteiger partial charge in [0.15, 0.2) is 5.96 Å². The first-order valence-corrected chi connectivity index (χ1v) is 10.6. The second kappa shape index (κ2) is 28.0. The van der Waals surface area contributed by atoms with Gasteiger partial charge in [0, 0.05) is 26.6 Å². The minimum absolute atomic E-state index is 0. The normalized spacial score (nSPS) is 10.6. The summed E-state index contributed by atoms with van der Waals surface area (Å²) >= 11 is 0. The highest BCUT2D eigenvalue weighted by molar-refractivity contribution is 5.86. The maximum Gasteiger partial charge on any atom is 0.270 e. The van der Waals surface area contributed by atoms with Crippen LogP contribution in [0.5, 0.6) is 0 Å². The third kappa shape index (κ3) is 25.2. The van der Waals surface area contributed by atoms with Crippen LogP contribution in [0.3, 0.4) is 0 Å². The second-order valence-electron chi connectivity index (χ2n) is 6.93. The van der Waals surface area contributed by atoms with Crippen LogP contribution in [0.1, 0.15) is 57.8 Å². The molecule has 9 N–H and O–H groups in total. The Morgan fingerprint density at radius 3 is 2.00 bits per heavy atom. The fraction of sp³-hybridized carbons (Fsp3) is 0.842. The van der Waals surface area contributed by atoms with Gasteiger partial charge in [0.2, 0.25) is 12.1 Å². The molecule has 13 heteroatoms. The lowest BCUT2D eigenvalue weighted by Crippen LogP contribution is -2.48. The van der Waals surface area contributed by atoms with Crippen LogP contribution in [-0.4, -0.2) is 63.8 Å². The van der Waals surface area contributed by atoms with Gasteiger partial charge >= 0.3 is 0 Å². The third-order valence-electron chi connectivity index (χ3n) is 4.30. The molecule has 10 nitrogen and oxygen atoms in total. The molecule has 0 aliphatic carbocycles. The van der Waals surface area contributed by atoms with Gasteiger partial charge in [-0.15, -0.1) is 37.2 Å². The Kier molecular flexibility index (Phi) is 33.4. The van der Waals surface area contributed by atoms with E-state index in [0.717, 1.165) is 64.5 Å². The highest BCUT2D eigenvalue weighted by atomic mass is 35.5. The SMILES string of the molecule is COC(NC(=O)CCCCCCCNC(=N)N)C(=O)NCCCCNCCCN.Cl.Cl.Cl. The predicted molar refractivity (Wildman–Crippen MR) is 137 cm³/mol. The fourth-order valence-electron chi connectivity index (χ4n) is 2.65. The molecule has 0 rings (SSSR count). The van der Waals surface area contributed by atoms with E-state index in [-0.39, 0.29) is 55.0 Å². The Morgan fingerprint density at radius 1 is 0.844 bits per heavy atom. The Hall–Kier alpha value is -1.04. The molecule has 0 aromatic heterocycles. The number of rotatable bonds is 19. The van der Waals surface area contributed by atoms with Crippen LogP contribution in [0.4, 0.5) is 0 Å². The van der Waals surface area contributed by atoms with Gasteiger partial charge in [0.05, 0.1) is 0 Å². The molecule has 0 aliphatic rings. The number of carbonyl (C=O) groups excluding carboxylic acids is 2. The van der Waals surface area contributed by atoms with Crippen molar-refractivity contribution < 1.29 is 14.3 Å². The van der Waals surface area contributed by atoms with E-state index in [1.165, 1.54) is 7.11 Å². The van der Waals surface area contributed by atoms with Crippen molar-refractivity contribution >= 4 is 55.0 Å². The number of unbranched alkanes of at least 4 members (excludes halogenated alkanes) is 5.